The number of anilines is 1. The Labute approximate surface area is 104 Å². The van der Waals surface area contributed by atoms with Gasteiger partial charge in [-0.1, -0.05) is 0 Å². The van der Waals surface area contributed by atoms with E-state index in [1.165, 1.54) is 10.9 Å². The van der Waals surface area contributed by atoms with Crippen molar-refractivity contribution in [3.63, 3.8) is 0 Å². The van der Waals surface area contributed by atoms with Crippen LogP contribution in [-0.4, -0.2) is 19.7 Å². The zero-order valence-corrected chi connectivity index (χ0v) is 10.1. The van der Waals surface area contributed by atoms with Crippen LogP contribution in [-0.2, 0) is 13.6 Å². The van der Waals surface area contributed by atoms with Crippen LogP contribution in [0.5, 0.6) is 0 Å². The van der Waals surface area contributed by atoms with Crippen LogP contribution < -0.4 is 5.32 Å². The molecular formula is C11H13N5O2. The Morgan fingerprint density at radius 1 is 1.56 bits per heavy atom. The highest BCUT2D eigenvalue weighted by atomic mass is 16.6. The van der Waals surface area contributed by atoms with E-state index >= 15 is 0 Å². The maximum Gasteiger partial charge on any atom is 0.330 e. The van der Waals surface area contributed by atoms with Gasteiger partial charge in [-0.2, -0.15) is 0 Å². The molecule has 7 heteroatoms. The zero-order valence-electron chi connectivity index (χ0n) is 10.1. The highest BCUT2D eigenvalue weighted by Gasteiger charge is 2.17. The molecule has 0 saturated carbocycles. The first kappa shape index (κ1) is 12.0. The summed E-state index contributed by atoms with van der Waals surface area (Å²) in [6.45, 7) is 2.42. The lowest BCUT2D eigenvalue weighted by atomic mass is 10.1. The fourth-order valence-electron chi connectivity index (χ4n) is 1.61. The molecule has 2 rings (SSSR count). The quantitative estimate of drug-likeness (QED) is 0.655. The fourth-order valence-corrected chi connectivity index (χ4v) is 1.61. The second-order valence-electron chi connectivity index (χ2n) is 3.95. The van der Waals surface area contributed by atoms with Gasteiger partial charge >= 0.3 is 5.69 Å². The number of hydrogen-bond acceptors (Lipinski definition) is 5. The van der Waals surface area contributed by atoms with Crippen molar-refractivity contribution < 1.29 is 4.92 Å². The Balaban J connectivity index is 2.16. The normalized spacial score (nSPS) is 10.3. The molecule has 0 amide bonds. The molecule has 0 aliphatic carbocycles. The van der Waals surface area contributed by atoms with Gasteiger partial charge in [-0.25, -0.2) is 0 Å². The minimum Gasteiger partial charge on any atom is -0.359 e. The van der Waals surface area contributed by atoms with Crippen molar-refractivity contribution in [2.75, 3.05) is 5.32 Å². The first-order valence-electron chi connectivity index (χ1n) is 5.39. The molecule has 18 heavy (non-hydrogen) atoms. The summed E-state index contributed by atoms with van der Waals surface area (Å²) in [7, 11) is 1.65. The van der Waals surface area contributed by atoms with Crippen LogP contribution >= 0.6 is 0 Å². The number of nitro groups is 1. The first-order chi connectivity index (χ1) is 8.58. The average molecular weight is 247 g/mol. The molecule has 2 aromatic heterocycles. The Morgan fingerprint density at radius 3 is 3.00 bits per heavy atom. The molecule has 0 aliphatic rings. The van der Waals surface area contributed by atoms with Crippen LogP contribution in [0.15, 0.2) is 24.7 Å². The van der Waals surface area contributed by atoms with E-state index in [0.29, 0.717) is 6.54 Å². The van der Waals surface area contributed by atoms with Crippen LogP contribution in [0, 0.1) is 17.0 Å². The van der Waals surface area contributed by atoms with Gasteiger partial charge in [0.1, 0.15) is 6.20 Å². The third kappa shape index (κ3) is 2.45. The van der Waals surface area contributed by atoms with E-state index in [4.69, 9.17) is 0 Å². The fraction of sp³-hybridized carbons (Fsp3) is 0.273. The SMILES string of the molecule is Cc1cnccc1CNc1nn(C)cc1[N+](=O)[O-]. The minimum atomic E-state index is -0.450. The summed E-state index contributed by atoms with van der Waals surface area (Å²) in [5.74, 6) is 0.277. The number of aryl methyl sites for hydroxylation is 2. The second kappa shape index (κ2) is 4.82. The summed E-state index contributed by atoms with van der Waals surface area (Å²) in [5, 5.41) is 17.8. The van der Waals surface area contributed by atoms with Crippen molar-refractivity contribution in [2.24, 2.45) is 7.05 Å². The second-order valence-corrected chi connectivity index (χ2v) is 3.95. The molecule has 0 aromatic carbocycles. The maximum atomic E-state index is 10.8. The highest BCUT2D eigenvalue weighted by Crippen LogP contribution is 2.22. The molecule has 0 bridgehead atoms. The van der Waals surface area contributed by atoms with E-state index in [0.717, 1.165) is 11.1 Å². The average Bonchev–Trinajstić information content (AvgIpc) is 2.70. The number of pyridine rings is 1. The van der Waals surface area contributed by atoms with Gasteiger partial charge in [-0.3, -0.25) is 19.8 Å². The molecule has 0 fully saturated rings. The van der Waals surface area contributed by atoms with E-state index in [9.17, 15) is 10.1 Å². The van der Waals surface area contributed by atoms with Gasteiger partial charge in [0.05, 0.1) is 4.92 Å². The monoisotopic (exact) mass is 247 g/mol. The maximum absolute atomic E-state index is 10.8. The van der Waals surface area contributed by atoms with Gasteiger partial charge in [-0.05, 0) is 24.1 Å². The predicted molar refractivity (Wildman–Crippen MR) is 66.2 cm³/mol. The largest absolute Gasteiger partial charge is 0.359 e. The van der Waals surface area contributed by atoms with Gasteiger partial charge in [0, 0.05) is 26.0 Å². The highest BCUT2D eigenvalue weighted by molar-refractivity contribution is 5.54. The number of hydrogen-bond donors (Lipinski definition) is 1. The molecule has 1 N–H and O–H groups in total. The van der Waals surface area contributed by atoms with Gasteiger partial charge < -0.3 is 5.32 Å². The lowest BCUT2D eigenvalue weighted by Gasteiger charge is -2.05. The molecule has 7 nitrogen and oxygen atoms in total. The summed E-state index contributed by atoms with van der Waals surface area (Å²) in [6.07, 6.45) is 4.82. The van der Waals surface area contributed by atoms with Crippen LogP contribution in [0.3, 0.4) is 0 Å². The number of aromatic nitrogens is 3. The Morgan fingerprint density at radius 2 is 2.33 bits per heavy atom. The van der Waals surface area contributed by atoms with Crippen LogP contribution in [0.2, 0.25) is 0 Å². The molecule has 0 spiro atoms. The van der Waals surface area contributed by atoms with Crippen molar-refractivity contribution in [3.05, 3.63) is 45.9 Å². The van der Waals surface area contributed by atoms with E-state index in [1.54, 1.807) is 19.4 Å². The third-order valence-corrected chi connectivity index (χ3v) is 2.59. The van der Waals surface area contributed by atoms with Crippen molar-refractivity contribution >= 4 is 11.5 Å². The Kier molecular flexibility index (Phi) is 3.22. The standard InChI is InChI=1S/C11H13N5O2/c1-8-5-12-4-3-9(8)6-13-11-10(16(17)18)7-15(2)14-11/h3-5,7H,6H2,1-2H3,(H,13,14). The lowest BCUT2D eigenvalue weighted by molar-refractivity contribution is -0.384. The van der Waals surface area contributed by atoms with Crippen LogP contribution in [0.1, 0.15) is 11.1 Å². The van der Waals surface area contributed by atoms with Crippen molar-refractivity contribution in [1.82, 2.24) is 14.8 Å². The van der Waals surface area contributed by atoms with Gasteiger partial charge in [0.15, 0.2) is 0 Å². The summed E-state index contributed by atoms with van der Waals surface area (Å²) < 4.78 is 1.42. The molecular weight excluding hydrogens is 234 g/mol. The molecule has 0 aliphatic heterocycles. The molecule has 94 valence electrons. The van der Waals surface area contributed by atoms with Gasteiger partial charge in [0.2, 0.25) is 5.82 Å². The molecule has 0 unspecified atom stereocenters. The van der Waals surface area contributed by atoms with Crippen molar-refractivity contribution in [3.8, 4) is 0 Å². The lowest BCUT2D eigenvalue weighted by Crippen LogP contribution is -2.04. The molecule has 0 atom stereocenters. The van der Waals surface area contributed by atoms with E-state index in [2.05, 4.69) is 15.4 Å². The number of rotatable bonds is 4. The smallest absolute Gasteiger partial charge is 0.330 e. The zero-order chi connectivity index (χ0) is 13.1. The van der Waals surface area contributed by atoms with E-state index < -0.39 is 4.92 Å². The van der Waals surface area contributed by atoms with E-state index in [-0.39, 0.29) is 11.5 Å². The number of nitrogens with one attached hydrogen (secondary N) is 1. The Bertz CT molecular complexity index is 579. The minimum absolute atomic E-state index is 0.0239. The van der Waals surface area contributed by atoms with Gasteiger partial charge in [-0.15, -0.1) is 5.10 Å². The summed E-state index contributed by atoms with van der Waals surface area (Å²) in [4.78, 5) is 14.4. The van der Waals surface area contributed by atoms with Crippen LogP contribution in [0.25, 0.3) is 0 Å². The summed E-state index contributed by atoms with van der Waals surface area (Å²) in [6, 6.07) is 1.87. The molecule has 0 radical (unpaired) electrons. The Hall–Kier alpha value is -2.44. The third-order valence-electron chi connectivity index (χ3n) is 2.59. The topological polar surface area (TPSA) is 85.9 Å². The summed E-state index contributed by atoms with van der Waals surface area (Å²) in [5.41, 5.74) is 2.04. The summed E-state index contributed by atoms with van der Waals surface area (Å²) >= 11 is 0. The van der Waals surface area contributed by atoms with Crippen molar-refractivity contribution in [1.29, 1.82) is 0 Å². The molecule has 2 heterocycles. The first-order valence-corrected chi connectivity index (χ1v) is 5.39. The van der Waals surface area contributed by atoms with E-state index in [1.807, 2.05) is 13.0 Å². The van der Waals surface area contributed by atoms with Gasteiger partial charge in [0.25, 0.3) is 0 Å². The molecule has 2 aromatic rings. The number of nitrogens with zero attached hydrogens (tertiary/aromatic N) is 4. The predicted octanol–water partition coefficient (Wildman–Crippen LogP) is 1.64. The molecule has 0 saturated heterocycles. The van der Waals surface area contributed by atoms with Crippen molar-refractivity contribution in [2.45, 2.75) is 13.5 Å². The van der Waals surface area contributed by atoms with Crippen LogP contribution in [0.4, 0.5) is 11.5 Å².